The molecule has 1 N–H and O–H groups in total. The zero-order valence-corrected chi connectivity index (χ0v) is 21.9. The zero-order valence-electron chi connectivity index (χ0n) is 20.3. The average molecular weight is 539 g/mol. The van der Waals surface area contributed by atoms with Gasteiger partial charge in [0, 0.05) is 6.26 Å². The van der Waals surface area contributed by atoms with Gasteiger partial charge in [-0.05, 0) is 55.8 Å². The lowest BCUT2D eigenvalue weighted by Gasteiger charge is -2.23. The molecule has 0 aliphatic carbocycles. The van der Waals surface area contributed by atoms with Gasteiger partial charge in [0.2, 0.25) is 0 Å². The van der Waals surface area contributed by atoms with Gasteiger partial charge in [-0.25, -0.2) is 13.4 Å². The normalized spacial score (nSPS) is 17.6. The number of carbonyl (C=O) groups is 2. The number of aliphatic hydroxyl groups excluding tert-OH is 1. The van der Waals surface area contributed by atoms with Crippen LogP contribution in [0.3, 0.4) is 0 Å². The maximum Gasteiger partial charge on any atom is 0.301 e. The van der Waals surface area contributed by atoms with Gasteiger partial charge in [-0.1, -0.05) is 23.5 Å². The summed E-state index contributed by atoms with van der Waals surface area (Å²) in [5.74, 6) is -0.549. The lowest BCUT2D eigenvalue weighted by Crippen LogP contribution is -2.29. The number of thiazole rings is 1. The molecule has 11 heteroatoms. The van der Waals surface area contributed by atoms with E-state index in [-0.39, 0.29) is 21.4 Å². The van der Waals surface area contributed by atoms with Gasteiger partial charge in [-0.3, -0.25) is 14.5 Å². The largest absolute Gasteiger partial charge is 0.507 e. The maximum absolute atomic E-state index is 13.4. The number of aryl methyl sites for hydroxylation is 2. The van der Waals surface area contributed by atoms with Crippen LogP contribution in [-0.4, -0.2) is 43.6 Å². The van der Waals surface area contributed by atoms with Gasteiger partial charge in [0.15, 0.2) is 15.0 Å². The molecule has 1 aliphatic rings. The number of fused-ring (bicyclic) bond motifs is 1. The number of nitrogens with zero attached hydrogens (tertiary/aromatic N) is 2. The molecule has 0 bridgehead atoms. The molecular formula is C26H22N2O7S2. The second kappa shape index (κ2) is 8.86. The molecule has 0 radical (unpaired) electrons. The third-order valence-electron chi connectivity index (χ3n) is 6.15. The summed E-state index contributed by atoms with van der Waals surface area (Å²) in [4.78, 5) is 32.7. The summed E-state index contributed by atoms with van der Waals surface area (Å²) in [5, 5.41) is 11.5. The van der Waals surface area contributed by atoms with Crippen LogP contribution in [-0.2, 0) is 19.4 Å². The molecule has 0 saturated carbocycles. The van der Waals surface area contributed by atoms with Crippen molar-refractivity contribution in [2.24, 2.45) is 0 Å². The molecule has 0 spiro atoms. The van der Waals surface area contributed by atoms with E-state index in [1.165, 1.54) is 24.1 Å². The quantitative estimate of drug-likeness (QED) is 0.223. The van der Waals surface area contributed by atoms with Crippen LogP contribution < -0.4 is 9.64 Å². The molecule has 1 saturated heterocycles. The number of ketones is 1. The van der Waals surface area contributed by atoms with E-state index in [0.717, 1.165) is 17.6 Å². The second-order valence-corrected chi connectivity index (χ2v) is 11.7. The van der Waals surface area contributed by atoms with Gasteiger partial charge >= 0.3 is 5.91 Å². The summed E-state index contributed by atoms with van der Waals surface area (Å²) in [6, 6.07) is 11.9. The number of aliphatic hydroxyl groups is 1. The molecule has 190 valence electrons. The lowest BCUT2D eigenvalue weighted by atomic mass is 9.95. The van der Waals surface area contributed by atoms with Gasteiger partial charge < -0.3 is 14.3 Å². The number of furan rings is 1. The van der Waals surface area contributed by atoms with Gasteiger partial charge in [0.05, 0.1) is 39.4 Å². The van der Waals surface area contributed by atoms with Crippen molar-refractivity contribution in [3.63, 3.8) is 0 Å². The van der Waals surface area contributed by atoms with Crippen LogP contribution in [0.25, 0.3) is 16.0 Å². The number of aromatic nitrogens is 1. The van der Waals surface area contributed by atoms with Crippen LogP contribution in [0.5, 0.6) is 5.75 Å². The first kappa shape index (κ1) is 24.7. The van der Waals surface area contributed by atoms with Crippen molar-refractivity contribution in [3.8, 4) is 5.75 Å². The fraction of sp³-hybridized carbons (Fsp3) is 0.192. The molecule has 1 unspecified atom stereocenters. The highest BCUT2D eigenvalue weighted by atomic mass is 32.2. The number of amides is 1. The van der Waals surface area contributed by atoms with Crippen molar-refractivity contribution in [2.45, 2.75) is 24.8 Å². The number of anilines is 1. The predicted octanol–water partition coefficient (Wildman–Crippen LogP) is 4.54. The summed E-state index contributed by atoms with van der Waals surface area (Å²) in [5.41, 5.74) is 1.24. The van der Waals surface area contributed by atoms with Crippen LogP contribution in [0, 0.1) is 13.8 Å². The number of Topliss-reactive ketones (excluding diaryl/α,β-unsaturated/α-hetero) is 1. The van der Waals surface area contributed by atoms with Gasteiger partial charge in [0.1, 0.15) is 23.0 Å². The highest BCUT2D eigenvalue weighted by Crippen LogP contribution is 2.45. The predicted molar refractivity (Wildman–Crippen MR) is 139 cm³/mol. The number of sulfone groups is 1. The molecule has 1 amide bonds. The van der Waals surface area contributed by atoms with Crippen LogP contribution in [0.15, 0.2) is 63.4 Å². The first-order chi connectivity index (χ1) is 17.5. The standard InChI is InChI=1S/C26H22N2O7S2/c1-13-11-18(14(2)35-13)23(29)21-22(15-5-7-16(34-3)8-6-15)28(25(31)24(21)30)26-27-19-10-9-17(37(4,32)33)12-20(19)36-26/h5-12,22,29H,1-4H3. The number of carbonyl (C=O) groups excluding carboxylic acids is 2. The zero-order chi connectivity index (χ0) is 26.6. The molecule has 1 fully saturated rings. The molecule has 4 aromatic rings. The minimum absolute atomic E-state index is 0.102. The second-order valence-electron chi connectivity index (χ2n) is 8.67. The SMILES string of the molecule is COc1ccc(C2C(=C(O)c3cc(C)oc3C)C(=O)C(=O)N2c2nc3ccc(S(C)(=O)=O)cc3s2)cc1. The van der Waals surface area contributed by atoms with E-state index >= 15 is 0 Å². The molecule has 2 aromatic heterocycles. The number of rotatable bonds is 5. The Balaban J connectivity index is 1.72. The van der Waals surface area contributed by atoms with Crippen molar-refractivity contribution in [2.75, 3.05) is 18.3 Å². The number of hydrogen-bond acceptors (Lipinski definition) is 9. The molecule has 3 heterocycles. The average Bonchev–Trinajstić information content (AvgIpc) is 3.50. The van der Waals surface area contributed by atoms with Gasteiger partial charge in [-0.15, -0.1) is 0 Å². The Labute approximate surface area is 216 Å². The van der Waals surface area contributed by atoms with Crippen molar-refractivity contribution in [1.29, 1.82) is 0 Å². The first-order valence-electron chi connectivity index (χ1n) is 11.1. The number of hydrogen-bond donors (Lipinski definition) is 1. The molecule has 1 aliphatic heterocycles. The number of ether oxygens (including phenoxy) is 1. The van der Waals surface area contributed by atoms with E-state index in [2.05, 4.69) is 4.98 Å². The monoisotopic (exact) mass is 538 g/mol. The van der Waals surface area contributed by atoms with E-state index in [1.54, 1.807) is 50.2 Å². The van der Waals surface area contributed by atoms with Crippen LogP contribution >= 0.6 is 11.3 Å². The third kappa shape index (κ3) is 4.19. The van der Waals surface area contributed by atoms with E-state index in [9.17, 15) is 23.1 Å². The molecule has 1 atom stereocenters. The van der Waals surface area contributed by atoms with Crippen LogP contribution in [0.4, 0.5) is 5.13 Å². The smallest absolute Gasteiger partial charge is 0.301 e. The Morgan fingerprint density at radius 2 is 1.81 bits per heavy atom. The molecule has 5 rings (SSSR count). The Hall–Kier alpha value is -3.96. The Kier molecular flexibility index (Phi) is 5.92. The minimum Gasteiger partial charge on any atom is -0.507 e. The van der Waals surface area contributed by atoms with Gasteiger partial charge in [-0.2, -0.15) is 0 Å². The molecular weight excluding hydrogens is 516 g/mol. The summed E-state index contributed by atoms with van der Waals surface area (Å²) < 4.78 is 35.4. The highest BCUT2D eigenvalue weighted by molar-refractivity contribution is 7.90. The van der Waals surface area contributed by atoms with E-state index in [1.807, 2.05) is 0 Å². The third-order valence-corrected chi connectivity index (χ3v) is 8.28. The first-order valence-corrected chi connectivity index (χ1v) is 13.8. The van der Waals surface area contributed by atoms with Crippen molar-refractivity contribution < 1.29 is 32.3 Å². The lowest BCUT2D eigenvalue weighted by molar-refractivity contribution is -0.132. The van der Waals surface area contributed by atoms with Gasteiger partial charge in [0.25, 0.3) is 5.78 Å². The number of methoxy groups -OCH3 is 1. The summed E-state index contributed by atoms with van der Waals surface area (Å²) in [6.45, 7) is 3.38. The highest BCUT2D eigenvalue weighted by Gasteiger charge is 2.48. The Morgan fingerprint density at radius 1 is 1.11 bits per heavy atom. The number of benzene rings is 2. The topological polar surface area (TPSA) is 127 Å². The van der Waals surface area contributed by atoms with Crippen LogP contribution in [0.1, 0.15) is 28.7 Å². The van der Waals surface area contributed by atoms with E-state index < -0.39 is 27.6 Å². The fourth-order valence-electron chi connectivity index (χ4n) is 4.37. The van der Waals surface area contributed by atoms with Crippen molar-refractivity contribution >= 4 is 54.0 Å². The summed E-state index contributed by atoms with van der Waals surface area (Å²) >= 11 is 1.08. The molecule has 9 nitrogen and oxygen atoms in total. The molecule has 2 aromatic carbocycles. The fourth-order valence-corrected chi connectivity index (χ4v) is 6.12. The van der Waals surface area contributed by atoms with Crippen molar-refractivity contribution in [3.05, 3.63) is 76.8 Å². The molecule has 37 heavy (non-hydrogen) atoms. The maximum atomic E-state index is 13.4. The minimum atomic E-state index is -3.45. The Bertz CT molecular complexity index is 1710. The summed E-state index contributed by atoms with van der Waals surface area (Å²) in [6.07, 6.45) is 1.11. The van der Waals surface area contributed by atoms with E-state index in [4.69, 9.17) is 9.15 Å². The van der Waals surface area contributed by atoms with Crippen molar-refractivity contribution in [1.82, 2.24) is 4.98 Å². The summed E-state index contributed by atoms with van der Waals surface area (Å²) in [7, 11) is -1.93. The van der Waals surface area contributed by atoms with E-state index in [0.29, 0.717) is 38.6 Å². The van der Waals surface area contributed by atoms with Crippen LogP contribution in [0.2, 0.25) is 0 Å². The Morgan fingerprint density at radius 3 is 2.41 bits per heavy atom.